The summed E-state index contributed by atoms with van der Waals surface area (Å²) in [5, 5.41) is 15.3. The van der Waals surface area contributed by atoms with Gasteiger partial charge in [-0.15, -0.1) is 0 Å². The highest BCUT2D eigenvalue weighted by Crippen LogP contribution is 2.34. The summed E-state index contributed by atoms with van der Waals surface area (Å²) in [6.07, 6.45) is 2.90. The maximum absolute atomic E-state index is 12.1. The number of aliphatic hydroxyl groups is 1. The Labute approximate surface area is 124 Å². The Hall–Kier alpha value is -1.95. The number of rotatable bonds is 4. The first-order chi connectivity index (χ1) is 10.1. The molecular weight excluding hydrogens is 272 g/mol. The van der Waals surface area contributed by atoms with Gasteiger partial charge in [0, 0.05) is 6.04 Å². The van der Waals surface area contributed by atoms with Gasteiger partial charge in [0.15, 0.2) is 11.5 Å². The molecule has 0 radical (unpaired) electrons. The Bertz CT molecular complexity index is 493. The van der Waals surface area contributed by atoms with E-state index in [-0.39, 0.29) is 18.2 Å². The van der Waals surface area contributed by atoms with Crippen LogP contribution in [-0.4, -0.2) is 37.5 Å². The normalized spacial score (nSPS) is 21.5. The predicted octanol–water partition coefficient (Wildman–Crippen LogP) is 2.13. The molecule has 0 heterocycles. The Kier molecular flexibility index (Phi) is 5.27. The van der Waals surface area contributed by atoms with Gasteiger partial charge in [-0.25, -0.2) is 4.79 Å². The molecule has 0 spiro atoms. The third kappa shape index (κ3) is 4.01. The summed E-state index contributed by atoms with van der Waals surface area (Å²) in [5.41, 5.74) is 0.547. The average Bonchev–Trinajstić information content (AvgIpc) is 2.46. The predicted molar refractivity (Wildman–Crippen MR) is 80.0 cm³/mol. The first-order valence-electron chi connectivity index (χ1n) is 7.10. The third-order valence-corrected chi connectivity index (χ3v) is 3.63. The fourth-order valence-electron chi connectivity index (χ4n) is 2.62. The minimum absolute atomic E-state index is 0.00496. The fourth-order valence-corrected chi connectivity index (χ4v) is 2.62. The molecule has 6 nitrogen and oxygen atoms in total. The van der Waals surface area contributed by atoms with Crippen LogP contribution in [0.1, 0.15) is 25.7 Å². The largest absolute Gasteiger partial charge is 0.493 e. The van der Waals surface area contributed by atoms with Gasteiger partial charge in [-0.2, -0.15) is 0 Å². The molecule has 0 saturated heterocycles. The molecule has 1 aliphatic rings. The van der Waals surface area contributed by atoms with Crippen LogP contribution in [0.4, 0.5) is 10.5 Å². The zero-order valence-electron chi connectivity index (χ0n) is 12.4. The molecule has 0 bridgehead atoms. The van der Waals surface area contributed by atoms with Crippen LogP contribution in [0.5, 0.6) is 11.5 Å². The number of hydrogen-bond acceptors (Lipinski definition) is 4. The van der Waals surface area contributed by atoms with E-state index in [1.165, 1.54) is 7.11 Å². The molecule has 1 aliphatic carbocycles. The number of aliphatic hydroxyl groups excluding tert-OH is 1. The number of para-hydroxylation sites is 1. The van der Waals surface area contributed by atoms with Gasteiger partial charge in [0.2, 0.25) is 0 Å². The number of nitrogens with one attached hydrogen (secondary N) is 2. The van der Waals surface area contributed by atoms with Gasteiger partial charge in [0.1, 0.15) is 0 Å². The molecular formula is C15H22N2O4. The number of hydrogen-bond donors (Lipinski definition) is 3. The molecule has 0 aromatic heterocycles. The van der Waals surface area contributed by atoms with Crippen molar-refractivity contribution in [1.82, 2.24) is 5.32 Å². The van der Waals surface area contributed by atoms with E-state index in [0.717, 1.165) is 19.3 Å². The number of anilines is 1. The molecule has 2 rings (SSSR count). The van der Waals surface area contributed by atoms with Crippen LogP contribution in [0.25, 0.3) is 0 Å². The molecule has 1 aromatic rings. The minimum Gasteiger partial charge on any atom is -0.493 e. The van der Waals surface area contributed by atoms with Crippen LogP contribution in [0, 0.1) is 0 Å². The van der Waals surface area contributed by atoms with Crippen LogP contribution in [0.3, 0.4) is 0 Å². The molecule has 1 fully saturated rings. The lowest BCUT2D eigenvalue weighted by Gasteiger charge is -2.26. The Morgan fingerprint density at radius 2 is 2.10 bits per heavy atom. The lowest BCUT2D eigenvalue weighted by Crippen LogP contribution is -2.41. The zero-order chi connectivity index (χ0) is 15.2. The summed E-state index contributed by atoms with van der Waals surface area (Å²) in [7, 11) is 3.07. The van der Waals surface area contributed by atoms with Gasteiger partial charge in [-0.3, -0.25) is 0 Å². The molecule has 0 unspecified atom stereocenters. The summed E-state index contributed by atoms with van der Waals surface area (Å²) in [5.74, 6) is 1.04. The average molecular weight is 294 g/mol. The van der Waals surface area contributed by atoms with Gasteiger partial charge in [-0.1, -0.05) is 6.07 Å². The van der Waals surface area contributed by atoms with Crippen molar-refractivity contribution >= 4 is 11.7 Å². The van der Waals surface area contributed by atoms with Crippen molar-refractivity contribution < 1.29 is 19.4 Å². The number of urea groups is 1. The van der Waals surface area contributed by atoms with Crippen LogP contribution in [-0.2, 0) is 0 Å². The van der Waals surface area contributed by atoms with E-state index >= 15 is 0 Å². The third-order valence-electron chi connectivity index (χ3n) is 3.63. The van der Waals surface area contributed by atoms with Crippen LogP contribution in [0.15, 0.2) is 18.2 Å². The second-order valence-corrected chi connectivity index (χ2v) is 5.16. The zero-order valence-corrected chi connectivity index (χ0v) is 12.4. The lowest BCUT2D eigenvalue weighted by molar-refractivity contribution is 0.114. The lowest BCUT2D eigenvalue weighted by atomic mass is 9.93. The Balaban J connectivity index is 1.99. The van der Waals surface area contributed by atoms with E-state index in [2.05, 4.69) is 10.6 Å². The molecule has 2 atom stereocenters. The summed E-state index contributed by atoms with van der Waals surface area (Å²) in [6, 6.07) is 4.99. The number of benzene rings is 1. The number of ether oxygens (including phenoxy) is 2. The molecule has 21 heavy (non-hydrogen) atoms. The minimum atomic E-state index is -0.324. The smallest absolute Gasteiger partial charge is 0.319 e. The van der Waals surface area contributed by atoms with Crippen molar-refractivity contribution in [3.8, 4) is 11.5 Å². The molecule has 116 valence electrons. The van der Waals surface area contributed by atoms with E-state index in [1.807, 2.05) is 0 Å². The van der Waals surface area contributed by atoms with Gasteiger partial charge in [-0.05, 0) is 37.8 Å². The Morgan fingerprint density at radius 1 is 1.29 bits per heavy atom. The fraction of sp³-hybridized carbons (Fsp3) is 0.533. The van der Waals surface area contributed by atoms with E-state index in [4.69, 9.17) is 9.47 Å². The number of methoxy groups -OCH3 is 2. The SMILES string of the molecule is COc1cccc(NC(=O)N[C@@H]2CCC[C@H](O)C2)c1OC. The van der Waals surface area contributed by atoms with Crippen molar-refractivity contribution in [2.45, 2.75) is 37.8 Å². The molecule has 1 aromatic carbocycles. The molecule has 2 amide bonds. The highest BCUT2D eigenvalue weighted by atomic mass is 16.5. The number of carbonyl (C=O) groups is 1. The highest BCUT2D eigenvalue weighted by molar-refractivity contribution is 5.91. The highest BCUT2D eigenvalue weighted by Gasteiger charge is 2.22. The van der Waals surface area contributed by atoms with Crippen molar-refractivity contribution in [2.75, 3.05) is 19.5 Å². The van der Waals surface area contributed by atoms with E-state index in [1.54, 1.807) is 25.3 Å². The molecule has 6 heteroatoms. The maximum atomic E-state index is 12.1. The van der Waals surface area contributed by atoms with Crippen LogP contribution < -0.4 is 20.1 Å². The quantitative estimate of drug-likeness (QED) is 0.794. The van der Waals surface area contributed by atoms with Crippen molar-refractivity contribution in [3.05, 3.63) is 18.2 Å². The standard InChI is InChI=1S/C15H22N2O4/c1-20-13-8-4-7-12(14(13)21-2)17-15(19)16-10-5-3-6-11(18)9-10/h4,7-8,10-11,18H,3,5-6,9H2,1-2H3,(H2,16,17,19)/t10-,11+/m1/s1. The second kappa shape index (κ2) is 7.17. The van der Waals surface area contributed by atoms with Crippen molar-refractivity contribution in [3.63, 3.8) is 0 Å². The summed E-state index contributed by atoms with van der Waals surface area (Å²) < 4.78 is 10.5. The monoisotopic (exact) mass is 294 g/mol. The molecule has 1 saturated carbocycles. The summed E-state index contributed by atoms with van der Waals surface area (Å²) >= 11 is 0. The van der Waals surface area contributed by atoms with Crippen molar-refractivity contribution in [1.29, 1.82) is 0 Å². The summed E-state index contributed by atoms with van der Waals surface area (Å²) in [6.45, 7) is 0. The maximum Gasteiger partial charge on any atom is 0.319 e. The first kappa shape index (κ1) is 15.4. The topological polar surface area (TPSA) is 79.8 Å². The van der Waals surface area contributed by atoms with Gasteiger partial charge in [0.25, 0.3) is 0 Å². The van der Waals surface area contributed by atoms with E-state index in [9.17, 15) is 9.90 Å². The molecule has 3 N–H and O–H groups in total. The number of carbonyl (C=O) groups excluding carboxylic acids is 1. The Morgan fingerprint density at radius 3 is 2.76 bits per heavy atom. The van der Waals surface area contributed by atoms with Crippen LogP contribution >= 0.6 is 0 Å². The molecule has 0 aliphatic heterocycles. The van der Waals surface area contributed by atoms with Gasteiger partial charge in [0.05, 0.1) is 26.0 Å². The van der Waals surface area contributed by atoms with Crippen molar-refractivity contribution in [2.24, 2.45) is 0 Å². The number of amides is 2. The van der Waals surface area contributed by atoms with Gasteiger partial charge < -0.3 is 25.2 Å². The second-order valence-electron chi connectivity index (χ2n) is 5.16. The summed E-state index contributed by atoms with van der Waals surface area (Å²) in [4.78, 5) is 12.1. The van der Waals surface area contributed by atoms with E-state index < -0.39 is 0 Å². The van der Waals surface area contributed by atoms with Gasteiger partial charge >= 0.3 is 6.03 Å². The van der Waals surface area contributed by atoms with Crippen LogP contribution in [0.2, 0.25) is 0 Å². The first-order valence-corrected chi connectivity index (χ1v) is 7.10. The van der Waals surface area contributed by atoms with E-state index in [0.29, 0.717) is 23.6 Å².